The van der Waals surface area contributed by atoms with Gasteiger partial charge in [-0.25, -0.2) is 4.98 Å². The topological polar surface area (TPSA) is 61.9 Å². The number of hydrogen-bond donors (Lipinski definition) is 3. The fourth-order valence-electron chi connectivity index (χ4n) is 2.60. The number of pyridine rings is 2. The number of nitrogens with one attached hydrogen (secondary N) is 3. The predicted molar refractivity (Wildman–Crippen MR) is 101 cm³/mol. The number of fused-ring (bicyclic) bond motifs is 1. The van der Waals surface area contributed by atoms with Gasteiger partial charge in [-0.05, 0) is 30.7 Å². The molecule has 0 atom stereocenters. The summed E-state index contributed by atoms with van der Waals surface area (Å²) in [5.74, 6) is 0.958. The van der Waals surface area contributed by atoms with Crippen LogP contribution in [0, 0.1) is 6.92 Å². The zero-order chi connectivity index (χ0) is 16.6. The van der Waals surface area contributed by atoms with Crippen molar-refractivity contribution in [1.29, 1.82) is 0 Å². The summed E-state index contributed by atoms with van der Waals surface area (Å²) in [5.41, 5.74) is 3.27. The second-order valence-corrected chi connectivity index (χ2v) is 5.65. The van der Waals surface area contributed by atoms with Crippen molar-refractivity contribution < 1.29 is 0 Å². The van der Waals surface area contributed by atoms with Crippen molar-refractivity contribution in [1.82, 2.24) is 15.3 Å². The number of rotatable bonds is 8. The van der Waals surface area contributed by atoms with Gasteiger partial charge in [0.2, 0.25) is 0 Å². The molecule has 3 N–H and O–H groups in total. The highest BCUT2D eigenvalue weighted by Crippen LogP contribution is 2.20. The molecule has 0 fully saturated rings. The molecule has 0 spiro atoms. The Balaban J connectivity index is 1.37. The van der Waals surface area contributed by atoms with Crippen molar-refractivity contribution >= 4 is 22.4 Å². The van der Waals surface area contributed by atoms with Crippen LogP contribution >= 0.6 is 0 Å². The average Bonchev–Trinajstić information content (AvgIpc) is 2.62. The van der Waals surface area contributed by atoms with Gasteiger partial charge in [0.15, 0.2) is 0 Å². The van der Waals surface area contributed by atoms with Gasteiger partial charge in [0.1, 0.15) is 5.82 Å². The molecular weight excluding hydrogens is 298 g/mol. The van der Waals surface area contributed by atoms with Crippen LogP contribution in [0.25, 0.3) is 10.9 Å². The maximum atomic E-state index is 4.45. The number of anilines is 2. The highest BCUT2D eigenvalue weighted by molar-refractivity contribution is 5.90. The summed E-state index contributed by atoms with van der Waals surface area (Å²) in [6.07, 6.45) is 3.64. The van der Waals surface area contributed by atoms with Gasteiger partial charge >= 0.3 is 0 Å². The van der Waals surface area contributed by atoms with E-state index < -0.39 is 0 Å². The molecule has 0 saturated heterocycles. The lowest BCUT2D eigenvalue weighted by molar-refractivity contribution is 0.718. The molecule has 0 bridgehead atoms. The minimum Gasteiger partial charge on any atom is -0.382 e. The third kappa shape index (κ3) is 4.20. The minimum atomic E-state index is 0.855. The molecule has 0 aliphatic carbocycles. The molecule has 3 rings (SSSR count). The standard InChI is InChI=1S/C19H23N5/c1-15-5-3-10-23-19(15)24-14-12-20-11-13-21-17-8-2-6-16-7-4-9-22-18(16)17/h2-10,20-21H,11-14H2,1H3,(H,23,24). The van der Waals surface area contributed by atoms with Crippen LogP contribution in [0.4, 0.5) is 11.5 Å². The first-order valence-electron chi connectivity index (χ1n) is 8.28. The van der Waals surface area contributed by atoms with Crippen LogP contribution in [0.5, 0.6) is 0 Å². The molecule has 2 aromatic heterocycles. The van der Waals surface area contributed by atoms with Gasteiger partial charge < -0.3 is 16.0 Å². The fraction of sp³-hybridized carbons (Fsp3) is 0.263. The SMILES string of the molecule is Cc1cccnc1NCCNCCNc1cccc2cccnc12. The Hall–Kier alpha value is -2.66. The van der Waals surface area contributed by atoms with E-state index in [0.29, 0.717) is 0 Å². The molecule has 3 aromatic rings. The van der Waals surface area contributed by atoms with Crippen LogP contribution in [0.2, 0.25) is 0 Å². The van der Waals surface area contributed by atoms with E-state index in [2.05, 4.69) is 63.2 Å². The van der Waals surface area contributed by atoms with Crippen molar-refractivity contribution in [3.05, 3.63) is 60.4 Å². The minimum absolute atomic E-state index is 0.855. The molecule has 0 saturated carbocycles. The molecule has 0 aliphatic heterocycles. The van der Waals surface area contributed by atoms with Gasteiger partial charge in [0.05, 0.1) is 11.2 Å². The molecular formula is C19H23N5. The lowest BCUT2D eigenvalue weighted by Crippen LogP contribution is -2.27. The quantitative estimate of drug-likeness (QED) is 0.557. The second kappa shape index (κ2) is 8.26. The molecule has 0 amide bonds. The highest BCUT2D eigenvalue weighted by atomic mass is 15.0. The molecule has 0 aliphatic rings. The number of aromatic nitrogens is 2. The van der Waals surface area contributed by atoms with E-state index in [0.717, 1.165) is 48.6 Å². The summed E-state index contributed by atoms with van der Waals surface area (Å²) >= 11 is 0. The van der Waals surface area contributed by atoms with Gasteiger partial charge in [0.25, 0.3) is 0 Å². The molecule has 5 heteroatoms. The Morgan fingerprint density at radius 2 is 1.54 bits per heavy atom. The molecule has 2 heterocycles. The summed E-state index contributed by atoms with van der Waals surface area (Å²) in [6, 6.07) is 14.3. The Morgan fingerprint density at radius 1 is 0.792 bits per heavy atom. The van der Waals surface area contributed by atoms with Crippen LogP contribution in [-0.2, 0) is 0 Å². The van der Waals surface area contributed by atoms with Gasteiger partial charge in [0, 0.05) is 44.0 Å². The zero-order valence-electron chi connectivity index (χ0n) is 13.9. The molecule has 24 heavy (non-hydrogen) atoms. The summed E-state index contributed by atoms with van der Waals surface area (Å²) < 4.78 is 0. The largest absolute Gasteiger partial charge is 0.382 e. The lowest BCUT2D eigenvalue weighted by atomic mass is 10.2. The van der Waals surface area contributed by atoms with Crippen molar-refractivity contribution in [2.24, 2.45) is 0 Å². The van der Waals surface area contributed by atoms with Crippen molar-refractivity contribution in [3.8, 4) is 0 Å². The number of para-hydroxylation sites is 1. The zero-order valence-corrected chi connectivity index (χ0v) is 13.9. The van der Waals surface area contributed by atoms with E-state index in [-0.39, 0.29) is 0 Å². The lowest BCUT2D eigenvalue weighted by Gasteiger charge is -2.11. The maximum Gasteiger partial charge on any atom is 0.128 e. The van der Waals surface area contributed by atoms with Gasteiger partial charge in [-0.15, -0.1) is 0 Å². The maximum absolute atomic E-state index is 4.45. The van der Waals surface area contributed by atoms with Crippen LogP contribution in [0.3, 0.4) is 0 Å². The van der Waals surface area contributed by atoms with E-state index >= 15 is 0 Å². The third-order valence-electron chi connectivity index (χ3n) is 3.85. The number of nitrogens with zero attached hydrogens (tertiary/aromatic N) is 2. The normalized spacial score (nSPS) is 10.7. The van der Waals surface area contributed by atoms with E-state index in [9.17, 15) is 0 Å². The molecule has 0 unspecified atom stereocenters. The first kappa shape index (κ1) is 16.2. The first-order valence-corrected chi connectivity index (χ1v) is 8.28. The summed E-state index contributed by atoms with van der Waals surface area (Å²) in [6.45, 7) is 5.56. The van der Waals surface area contributed by atoms with Gasteiger partial charge in [-0.1, -0.05) is 24.3 Å². The van der Waals surface area contributed by atoms with Crippen LogP contribution < -0.4 is 16.0 Å². The van der Waals surface area contributed by atoms with Crippen molar-refractivity contribution in [2.45, 2.75) is 6.92 Å². The molecule has 0 radical (unpaired) electrons. The summed E-state index contributed by atoms with van der Waals surface area (Å²) in [4.78, 5) is 8.77. The van der Waals surface area contributed by atoms with Gasteiger partial charge in [-0.3, -0.25) is 4.98 Å². The predicted octanol–water partition coefficient (Wildman–Crippen LogP) is 3.05. The Kier molecular flexibility index (Phi) is 5.58. The second-order valence-electron chi connectivity index (χ2n) is 5.65. The van der Waals surface area contributed by atoms with E-state index in [4.69, 9.17) is 0 Å². The average molecular weight is 321 g/mol. The molecule has 5 nitrogen and oxygen atoms in total. The summed E-state index contributed by atoms with van der Waals surface area (Å²) in [5, 5.41) is 11.4. The van der Waals surface area contributed by atoms with E-state index in [1.807, 2.05) is 24.5 Å². The van der Waals surface area contributed by atoms with E-state index in [1.54, 1.807) is 0 Å². The third-order valence-corrected chi connectivity index (χ3v) is 3.85. The number of benzene rings is 1. The Morgan fingerprint density at radius 3 is 2.42 bits per heavy atom. The smallest absolute Gasteiger partial charge is 0.128 e. The fourth-order valence-corrected chi connectivity index (χ4v) is 2.60. The van der Waals surface area contributed by atoms with Crippen LogP contribution in [-0.4, -0.2) is 36.1 Å². The van der Waals surface area contributed by atoms with Crippen LogP contribution in [0.1, 0.15) is 5.56 Å². The Labute approximate surface area is 142 Å². The van der Waals surface area contributed by atoms with E-state index in [1.165, 1.54) is 5.56 Å². The molecule has 1 aromatic carbocycles. The van der Waals surface area contributed by atoms with Crippen molar-refractivity contribution in [2.75, 3.05) is 36.8 Å². The molecule has 124 valence electrons. The Bertz CT molecular complexity index is 782. The monoisotopic (exact) mass is 321 g/mol. The summed E-state index contributed by atoms with van der Waals surface area (Å²) in [7, 11) is 0. The van der Waals surface area contributed by atoms with Crippen LogP contribution in [0.15, 0.2) is 54.9 Å². The van der Waals surface area contributed by atoms with Gasteiger partial charge in [-0.2, -0.15) is 0 Å². The highest BCUT2D eigenvalue weighted by Gasteiger charge is 2.00. The number of aryl methyl sites for hydroxylation is 1. The first-order chi connectivity index (χ1) is 11.8. The number of hydrogen-bond acceptors (Lipinski definition) is 5. The van der Waals surface area contributed by atoms with Crippen molar-refractivity contribution in [3.63, 3.8) is 0 Å².